The zero-order valence-corrected chi connectivity index (χ0v) is 12.9. The van der Waals surface area contributed by atoms with Gasteiger partial charge in [0, 0.05) is 20.3 Å². The molecule has 94 valence electrons. The van der Waals surface area contributed by atoms with Crippen LogP contribution in [0.3, 0.4) is 0 Å². The molecule has 2 rings (SSSR count). The molecule has 0 fully saturated rings. The van der Waals surface area contributed by atoms with Gasteiger partial charge in [-0.1, -0.05) is 51.5 Å². The Hall–Kier alpha value is -0.770. The third kappa shape index (κ3) is 3.37. The maximum Gasteiger partial charge on any atom is 0.0277 e. The Balaban J connectivity index is 2.23. The lowest BCUT2D eigenvalue weighted by Crippen LogP contribution is -2.05. The summed E-state index contributed by atoms with van der Waals surface area (Å²) >= 11 is 5.35. The van der Waals surface area contributed by atoms with Gasteiger partial charge in [-0.2, -0.15) is 0 Å². The number of nitrogens with two attached hydrogens (primary N) is 1. The highest BCUT2D eigenvalue weighted by Gasteiger charge is 2.06. The van der Waals surface area contributed by atoms with Crippen LogP contribution >= 0.6 is 27.7 Å². The second-order valence-corrected chi connectivity index (χ2v) is 6.39. The summed E-state index contributed by atoms with van der Waals surface area (Å²) in [7, 11) is 0. The summed E-state index contributed by atoms with van der Waals surface area (Å²) in [6.45, 7) is 4.10. The average Bonchev–Trinajstić information content (AvgIpc) is 2.28. The standard InChI is InChI=1S/C15H16BrNS/c1-10-4-3-5-12(8-10)18-13-6-7-14(11(2)17)15(16)9-13/h3-9,11H,17H2,1-2H3/t11-/m1/s1. The largest absolute Gasteiger partial charge is 0.324 e. The number of hydrogen-bond acceptors (Lipinski definition) is 2. The SMILES string of the molecule is Cc1cccc(Sc2ccc([C@@H](C)N)c(Br)c2)c1. The number of halogens is 1. The van der Waals surface area contributed by atoms with Crippen molar-refractivity contribution in [2.75, 3.05) is 0 Å². The van der Waals surface area contributed by atoms with Gasteiger partial charge in [0.25, 0.3) is 0 Å². The fourth-order valence-electron chi connectivity index (χ4n) is 1.76. The van der Waals surface area contributed by atoms with E-state index in [4.69, 9.17) is 5.73 Å². The number of hydrogen-bond donors (Lipinski definition) is 1. The molecule has 0 spiro atoms. The molecule has 0 aromatic heterocycles. The molecule has 0 bridgehead atoms. The maximum absolute atomic E-state index is 5.90. The van der Waals surface area contributed by atoms with E-state index in [1.165, 1.54) is 15.4 Å². The fourth-order valence-corrected chi connectivity index (χ4v) is 3.62. The zero-order chi connectivity index (χ0) is 13.1. The summed E-state index contributed by atoms with van der Waals surface area (Å²) in [5.41, 5.74) is 8.33. The summed E-state index contributed by atoms with van der Waals surface area (Å²) in [5.74, 6) is 0. The van der Waals surface area contributed by atoms with Gasteiger partial charge >= 0.3 is 0 Å². The van der Waals surface area contributed by atoms with Gasteiger partial charge < -0.3 is 5.73 Å². The highest BCUT2D eigenvalue weighted by molar-refractivity contribution is 9.10. The lowest BCUT2D eigenvalue weighted by atomic mass is 10.1. The Morgan fingerprint density at radius 2 is 1.83 bits per heavy atom. The predicted octanol–water partition coefficient (Wildman–Crippen LogP) is 4.93. The van der Waals surface area contributed by atoms with Crippen molar-refractivity contribution in [1.82, 2.24) is 0 Å². The molecule has 0 radical (unpaired) electrons. The van der Waals surface area contributed by atoms with E-state index >= 15 is 0 Å². The number of aryl methyl sites for hydroxylation is 1. The quantitative estimate of drug-likeness (QED) is 0.867. The molecule has 1 atom stereocenters. The van der Waals surface area contributed by atoms with Crippen molar-refractivity contribution in [1.29, 1.82) is 0 Å². The molecule has 2 aromatic rings. The van der Waals surface area contributed by atoms with Crippen LogP contribution in [0.15, 0.2) is 56.7 Å². The van der Waals surface area contributed by atoms with E-state index in [-0.39, 0.29) is 6.04 Å². The second-order valence-electron chi connectivity index (χ2n) is 4.39. The summed E-state index contributed by atoms with van der Waals surface area (Å²) < 4.78 is 1.08. The molecule has 0 aliphatic rings. The van der Waals surface area contributed by atoms with Crippen molar-refractivity contribution in [3.63, 3.8) is 0 Å². The Kier molecular flexibility index (Phi) is 4.49. The molecule has 0 aliphatic heterocycles. The molecule has 0 unspecified atom stereocenters. The minimum Gasteiger partial charge on any atom is -0.324 e. The number of rotatable bonds is 3. The van der Waals surface area contributed by atoms with Crippen LogP contribution in [0.4, 0.5) is 0 Å². The van der Waals surface area contributed by atoms with Gasteiger partial charge in [-0.25, -0.2) is 0 Å². The predicted molar refractivity (Wildman–Crippen MR) is 82.0 cm³/mol. The van der Waals surface area contributed by atoms with E-state index < -0.39 is 0 Å². The Labute approximate surface area is 121 Å². The molecule has 0 heterocycles. The maximum atomic E-state index is 5.90. The van der Waals surface area contributed by atoms with E-state index in [0.717, 1.165) is 10.0 Å². The van der Waals surface area contributed by atoms with Crippen molar-refractivity contribution < 1.29 is 0 Å². The second kappa shape index (κ2) is 5.91. The first-order valence-electron chi connectivity index (χ1n) is 5.86. The fraction of sp³-hybridized carbons (Fsp3) is 0.200. The van der Waals surface area contributed by atoms with E-state index in [2.05, 4.69) is 65.3 Å². The van der Waals surface area contributed by atoms with Gasteiger partial charge in [-0.05, 0) is 43.7 Å². The van der Waals surface area contributed by atoms with E-state index in [9.17, 15) is 0 Å². The molecule has 2 aromatic carbocycles. The van der Waals surface area contributed by atoms with Crippen LogP contribution in [0.25, 0.3) is 0 Å². The Bertz CT molecular complexity index is 552. The molecule has 0 saturated carbocycles. The van der Waals surface area contributed by atoms with Crippen LogP contribution in [0.2, 0.25) is 0 Å². The molecule has 0 aliphatic carbocycles. The van der Waals surface area contributed by atoms with Gasteiger partial charge in [0.2, 0.25) is 0 Å². The highest BCUT2D eigenvalue weighted by atomic mass is 79.9. The summed E-state index contributed by atoms with van der Waals surface area (Å²) in [6, 6.07) is 14.9. The minimum absolute atomic E-state index is 0.0531. The monoisotopic (exact) mass is 321 g/mol. The van der Waals surface area contributed by atoms with Crippen LogP contribution in [-0.2, 0) is 0 Å². The summed E-state index contributed by atoms with van der Waals surface area (Å²) in [6.07, 6.45) is 0. The van der Waals surface area contributed by atoms with Gasteiger partial charge in [0.15, 0.2) is 0 Å². The molecule has 1 nitrogen and oxygen atoms in total. The smallest absolute Gasteiger partial charge is 0.0277 e. The Morgan fingerprint density at radius 3 is 2.44 bits per heavy atom. The third-order valence-corrected chi connectivity index (χ3v) is 4.35. The molecule has 0 amide bonds. The first-order chi connectivity index (χ1) is 8.56. The highest BCUT2D eigenvalue weighted by Crippen LogP contribution is 2.32. The average molecular weight is 322 g/mol. The lowest BCUT2D eigenvalue weighted by molar-refractivity contribution is 0.811. The van der Waals surface area contributed by atoms with E-state index in [1.807, 2.05) is 6.92 Å². The van der Waals surface area contributed by atoms with Crippen LogP contribution in [-0.4, -0.2) is 0 Å². The zero-order valence-electron chi connectivity index (χ0n) is 10.5. The van der Waals surface area contributed by atoms with Crippen molar-refractivity contribution in [3.05, 3.63) is 58.1 Å². The van der Waals surface area contributed by atoms with Crippen LogP contribution in [0.1, 0.15) is 24.1 Å². The summed E-state index contributed by atoms with van der Waals surface area (Å²) in [5, 5.41) is 0. The normalized spacial score (nSPS) is 12.4. The first kappa shape index (κ1) is 13.7. The Morgan fingerprint density at radius 1 is 1.11 bits per heavy atom. The molecule has 2 N–H and O–H groups in total. The van der Waals surface area contributed by atoms with Crippen molar-refractivity contribution >= 4 is 27.7 Å². The lowest BCUT2D eigenvalue weighted by Gasteiger charge is -2.10. The topological polar surface area (TPSA) is 26.0 Å². The van der Waals surface area contributed by atoms with Crippen LogP contribution < -0.4 is 5.73 Å². The molecule has 0 saturated heterocycles. The molecular weight excluding hydrogens is 306 g/mol. The van der Waals surface area contributed by atoms with Gasteiger partial charge in [0.05, 0.1) is 0 Å². The molecular formula is C15H16BrNS. The minimum atomic E-state index is 0.0531. The first-order valence-corrected chi connectivity index (χ1v) is 7.47. The summed E-state index contributed by atoms with van der Waals surface area (Å²) in [4.78, 5) is 2.48. The van der Waals surface area contributed by atoms with Gasteiger partial charge in [-0.3, -0.25) is 0 Å². The van der Waals surface area contributed by atoms with Crippen molar-refractivity contribution in [2.45, 2.75) is 29.7 Å². The van der Waals surface area contributed by atoms with Crippen LogP contribution in [0.5, 0.6) is 0 Å². The number of benzene rings is 2. The van der Waals surface area contributed by atoms with Crippen molar-refractivity contribution in [3.8, 4) is 0 Å². The van der Waals surface area contributed by atoms with E-state index in [0.29, 0.717) is 0 Å². The van der Waals surface area contributed by atoms with Gasteiger partial charge in [0.1, 0.15) is 0 Å². The molecule has 3 heteroatoms. The molecule has 18 heavy (non-hydrogen) atoms. The third-order valence-electron chi connectivity index (χ3n) is 2.69. The van der Waals surface area contributed by atoms with Crippen LogP contribution in [0, 0.1) is 6.92 Å². The van der Waals surface area contributed by atoms with Gasteiger partial charge in [-0.15, -0.1) is 0 Å². The van der Waals surface area contributed by atoms with E-state index in [1.54, 1.807) is 11.8 Å². The van der Waals surface area contributed by atoms with Crippen molar-refractivity contribution in [2.24, 2.45) is 5.73 Å².